The van der Waals surface area contributed by atoms with Crippen LogP contribution in [-0.2, 0) is 16.2 Å². The van der Waals surface area contributed by atoms with Gasteiger partial charge in [0.2, 0.25) is 5.91 Å². The van der Waals surface area contributed by atoms with Crippen molar-refractivity contribution in [2.75, 3.05) is 6.54 Å². The molecule has 1 heterocycles. The van der Waals surface area contributed by atoms with Gasteiger partial charge in [-0.05, 0) is 23.3 Å². The monoisotopic (exact) mass is 370 g/mol. The van der Waals surface area contributed by atoms with E-state index in [2.05, 4.69) is 5.16 Å². The Balaban J connectivity index is 1.68. The molecular weight excluding hydrogens is 348 g/mol. The molecule has 0 N–H and O–H groups in total. The van der Waals surface area contributed by atoms with E-state index in [4.69, 9.17) is 16.4 Å². The van der Waals surface area contributed by atoms with E-state index in [9.17, 15) is 4.79 Å². The lowest BCUT2D eigenvalue weighted by atomic mass is 10.0. The van der Waals surface area contributed by atoms with Crippen molar-refractivity contribution < 1.29 is 9.63 Å². The molecule has 5 heteroatoms. The number of nitrogens with zero attached hydrogens (tertiary/aromatic N) is 2. The van der Waals surface area contributed by atoms with E-state index >= 15 is 0 Å². The van der Waals surface area contributed by atoms with Crippen LogP contribution in [0.5, 0.6) is 0 Å². The molecule has 4 nitrogen and oxygen atoms in total. The highest BCUT2D eigenvalue weighted by Gasteiger charge is 2.27. The Morgan fingerprint density at radius 2 is 2.00 bits per heavy atom. The van der Waals surface area contributed by atoms with Crippen LogP contribution in [0.25, 0.3) is 0 Å². The molecule has 2 aromatic rings. The number of benzene rings is 2. The molecule has 136 valence electrons. The molecule has 1 amide bonds. The number of amides is 1. The molecule has 2 aromatic carbocycles. The van der Waals surface area contributed by atoms with Crippen molar-refractivity contribution in [3.63, 3.8) is 0 Å². The Morgan fingerprint density at radius 1 is 1.23 bits per heavy atom. The van der Waals surface area contributed by atoms with Crippen molar-refractivity contribution in [3.8, 4) is 0 Å². The van der Waals surface area contributed by atoms with Crippen LogP contribution in [0.15, 0.2) is 59.8 Å². The third-order valence-corrected chi connectivity index (χ3v) is 4.57. The highest BCUT2D eigenvalue weighted by Crippen LogP contribution is 2.20. The average Bonchev–Trinajstić information content (AvgIpc) is 3.10. The smallest absolute Gasteiger partial charge is 0.225 e. The van der Waals surface area contributed by atoms with Crippen LogP contribution in [-0.4, -0.2) is 29.2 Å². The number of rotatable bonds is 6. The van der Waals surface area contributed by atoms with Crippen molar-refractivity contribution >= 4 is 23.2 Å². The first-order valence-electron chi connectivity index (χ1n) is 8.84. The van der Waals surface area contributed by atoms with Gasteiger partial charge in [0, 0.05) is 23.9 Å². The number of hydrogen-bond donors (Lipinski definition) is 0. The SMILES string of the molecule is CC(C)C(=O)N(Cc1cccc(Cl)c1)C[C@H]1CC(c2ccccc2)=NO1. The summed E-state index contributed by atoms with van der Waals surface area (Å²) in [7, 11) is 0. The number of halogens is 1. The number of carbonyl (C=O) groups excluding carboxylic acids is 1. The third kappa shape index (κ3) is 4.64. The summed E-state index contributed by atoms with van der Waals surface area (Å²) < 4.78 is 0. The lowest BCUT2D eigenvalue weighted by Gasteiger charge is -2.26. The molecule has 0 bridgehead atoms. The van der Waals surface area contributed by atoms with Crippen LogP contribution in [0.3, 0.4) is 0 Å². The summed E-state index contributed by atoms with van der Waals surface area (Å²) >= 11 is 6.08. The van der Waals surface area contributed by atoms with Crippen molar-refractivity contribution in [2.45, 2.75) is 32.9 Å². The van der Waals surface area contributed by atoms with E-state index in [-0.39, 0.29) is 17.9 Å². The first-order valence-corrected chi connectivity index (χ1v) is 9.22. The summed E-state index contributed by atoms with van der Waals surface area (Å²) in [5.74, 6) is 0.0202. The zero-order valence-corrected chi connectivity index (χ0v) is 15.8. The molecule has 0 spiro atoms. The van der Waals surface area contributed by atoms with E-state index in [1.807, 2.05) is 73.3 Å². The predicted molar refractivity (Wildman–Crippen MR) is 104 cm³/mol. The fraction of sp³-hybridized carbons (Fsp3) is 0.333. The minimum Gasteiger partial charge on any atom is -0.390 e. The van der Waals surface area contributed by atoms with E-state index in [1.165, 1.54) is 0 Å². The van der Waals surface area contributed by atoms with Crippen LogP contribution in [0, 0.1) is 5.92 Å². The zero-order valence-electron chi connectivity index (χ0n) is 15.1. The topological polar surface area (TPSA) is 41.9 Å². The molecule has 1 atom stereocenters. The van der Waals surface area contributed by atoms with Gasteiger partial charge in [-0.15, -0.1) is 0 Å². The fourth-order valence-electron chi connectivity index (χ4n) is 3.03. The molecular formula is C21H23ClN2O2. The minimum atomic E-state index is -0.132. The highest BCUT2D eigenvalue weighted by molar-refractivity contribution is 6.30. The maximum atomic E-state index is 12.7. The lowest BCUT2D eigenvalue weighted by molar-refractivity contribution is -0.136. The van der Waals surface area contributed by atoms with Gasteiger partial charge in [-0.25, -0.2) is 0 Å². The van der Waals surface area contributed by atoms with Crippen LogP contribution in [0.4, 0.5) is 0 Å². The van der Waals surface area contributed by atoms with Crippen molar-refractivity contribution in [3.05, 3.63) is 70.7 Å². The Bertz CT molecular complexity index is 790. The summed E-state index contributed by atoms with van der Waals surface area (Å²) in [4.78, 5) is 20.1. The van der Waals surface area contributed by atoms with E-state index in [0.717, 1.165) is 16.8 Å². The van der Waals surface area contributed by atoms with Crippen molar-refractivity contribution in [1.82, 2.24) is 4.90 Å². The van der Waals surface area contributed by atoms with Gasteiger partial charge in [-0.1, -0.05) is 73.1 Å². The van der Waals surface area contributed by atoms with Gasteiger partial charge in [-0.3, -0.25) is 4.79 Å². The summed E-state index contributed by atoms with van der Waals surface area (Å²) in [5.41, 5.74) is 3.00. The third-order valence-electron chi connectivity index (χ3n) is 4.33. The summed E-state index contributed by atoms with van der Waals surface area (Å²) in [6, 6.07) is 17.6. The second-order valence-electron chi connectivity index (χ2n) is 6.84. The van der Waals surface area contributed by atoms with E-state index in [0.29, 0.717) is 24.5 Å². The van der Waals surface area contributed by atoms with Gasteiger partial charge in [0.05, 0.1) is 12.3 Å². The predicted octanol–water partition coefficient (Wildman–Crippen LogP) is 4.52. The first kappa shape index (κ1) is 18.5. The van der Waals surface area contributed by atoms with Crippen LogP contribution in [0.1, 0.15) is 31.4 Å². The molecule has 0 unspecified atom stereocenters. The van der Waals surface area contributed by atoms with E-state index < -0.39 is 0 Å². The Hall–Kier alpha value is -2.33. The number of carbonyl (C=O) groups is 1. The van der Waals surface area contributed by atoms with Crippen LogP contribution >= 0.6 is 11.6 Å². The minimum absolute atomic E-state index is 0.0786. The van der Waals surface area contributed by atoms with E-state index in [1.54, 1.807) is 0 Å². The van der Waals surface area contributed by atoms with Gasteiger partial charge in [0.15, 0.2) is 6.10 Å². The Kier molecular flexibility index (Phi) is 5.94. The van der Waals surface area contributed by atoms with Gasteiger partial charge < -0.3 is 9.74 Å². The molecule has 0 radical (unpaired) electrons. The molecule has 3 rings (SSSR count). The molecule has 26 heavy (non-hydrogen) atoms. The second-order valence-corrected chi connectivity index (χ2v) is 7.28. The highest BCUT2D eigenvalue weighted by atomic mass is 35.5. The van der Waals surface area contributed by atoms with Gasteiger partial charge >= 0.3 is 0 Å². The molecule has 0 aliphatic carbocycles. The summed E-state index contributed by atoms with van der Waals surface area (Å²) in [6.45, 7) is 4.84. The molecule has 0 aromatic heterocycles. The second kappa shape index (κ2) is 8.37. The van der Waals surface area contributed by atoms with Crippen molar-refractivity contribution in [2.24, 2.45) is 11.1 Å². The maximum absolute atomic E-state index is 12.7. The maximum Gasteiger partial charge on any atom is 0.225 e. The summed E-state index contributed by atoms with van der Waals surface area (Å²) in [5, 5.41) is 4.90. The van der Waals surface area contributed by atoms with Crippen LogP contribution < -0.4 is 0 Å². The first-order chi connectivity index (χ1) is 12.5. The quantitative estimate of drug-likeness (QED) is 0.750. The average molecular weight is 371 g/mol. The molecule has 1 aliphatic heterocycles. The van der Waals surface area contributed by atoms with Gasteiger partial charge in [-0.2, -0.15) is 0 Å². The molecule has 0 fully saturated rings. The largest absolute Gasteiger partial charge is 0.390 e. The lowest BCUT2D eigenvalue weighted by Crippen LogP contribution is -2.39. The molecule has 0 saturated heterocycles. The summed E-state index contributed by atoms with van der Waals surface area (Å²) in [6.07, 6.45) is 0.564. The zero-order chi connectivity index (χ0) is 18.5. The van der Waals surface area contributed by atoms with Gasteiger partial charge in [0.1, 0.15) is 0 Å². The molecule has 1 aliphatic rings. The van der Waals surface area contributed by atoms with Crippen LogP contribution in [0.2, 0.25) is 5.02 Å². The number of hydrogen-bond acceptors (Lipinski definition) is 3. The Labute approximate surface area is 159 Å². The van der Waals surface area contributed by atoms with Crippen molar-refractivity contribution in [1.29, 1.82) is 0 Å². The fourth-order valence-corrected chi connectivity index (χ4v) is 3.24. The standard InChI is InChI=1S/C21H23ClN2O2/c1-15(2)21(25)24(13-16-7-6-10-18(22)11-16)14-19-12-20(23-26-19)17-8-4-3-5-9-17/h3-11,15,19H,12-14H2,1-2H3/t19-/m1/s1. The van der Waals surface area contributed by atoms with Gasteiger partial charge in [0.25, 0.3) is 0 Å². The molecule has 0 saturated carbocycles. The number of oxime groups is 1. The normalized spacial score (nSPS) is 16.3. The Morgan fingerprint density at radius 3 is 2.69 bits per heavy atom.